The molecule has 0 amide bonds. The van der Waals surface area contributed by atoms with Crippen LogP contribution >= 0.6 is 11.6 Å². The SMILES string of the molecule is CN/C(=C(\C(C)=O)C(C)C)c1ccc(OC(C)(C)F)c(Cl)c1. The summed E-state index contributed by atoms with van der Waals surface area (Å²) in [5, 5.41) is 3.36. The molecule has 122 valence electrons. The normalized spacial score (nSPS) is 13.0. The second-order valence-electron chi connectivity index (χ2n) is 5.86. The monoisotopic (exact) mass is 327 g/mol. The first-order valence-electron chi connectivity index (χ1n) is 7.17. The van der Waals surface area contributed by atoms with Gasteiger partial charge in [-0.1, -0.05) is 25.4 Å². The van der Waals surface area contributed by atoms with Crippen molar-refractivity contribution in [2.75, 3.05) is 7.05 Å². The summed E-state index contributed by atoms with van der Waals surface area (Å²) in [6.07, 6.45) is 0. The Hall–Kier alpha value is -1.55. The van der Waals surface area contributed by atoms with Crippen LogP contribution in [0, 0.1) is 5.92 Å². The molecular weight excluding hydrogens is 305 g/mol. The molecule has 0 heterocycles. The number of alkyl halides is 1. The number of Topliss-reactive ketones (excluding diaryl/α,β-unsaturated/α-hetero) is 1. The van der Waals surface area contributed by atoms with Gasteiger partial charge in [-0.3, -0.25) is 4.79 Å². The molecular formula is C17H23ClFNO2. The van der Waals surface area contributed by atoms with Crippen molar-refractivity contribution in [3.63, 3.8) is 0 Å². The van der Waals surface area contributed by atoms with Crippen molar-refractivity contribution in [3.05, 3.63) is 34.4 Å². The van der Waals surface area contributed by atoms with Gasteiger partial charge in [0, 0.05) is 32.2 Å². The minimum Gasteiger partial charge on any atom is -0.457 e. The van der Waals surface area contributed by atoms with Gasteiger partial charge in [-0.2, -0.15) is 4.39 Å². The fourth-order valence-electron chi connectivity index (χ4n) is 2.31. The number of ether oxygens (including phenoxy) is 1. The number of hydrogen-bond acceptors (Lipinski definition) is 3. The van der Waals surface area contributed by atoms with Crippen LogP contribution in [0.2, 0.25) is 5.02 Å². The van der Waals surface area contributed by atoms with E-state index in [4.69, 9.17) is 16.3 Å². The summed E-state index contributed by atoms with van der Waals surface area (Å²) in [6.45, 7) is 8.07. The smallest absolute Gasteiger partial charge is 0.242 e. The maximum Gasteiger partial charge on any atom is 0.242 e. The molecule has 0 fully saturated rings. The molecule has 0 atom stereocenters. The first kappa shape index (κ1) is 18.5. The van der Waals surface area contributed by atoms with Crippen LogP contribution in [0.15, 0.2) is 23.8 Å². The van der Waals surface area contributed by atoms with Crippen LogP contribution in [0.5, 0.6) is 5.75 Å². The van der Waals surface area contributed by atoms with Crippen molar-refractivity contribution in [1.29, 1.82) is 0 Å². The molecule has 5 heteroatoms. The zero-order chi connectivity index (χ0) is 17.1. The third kappa shape index (κ3) is 4.73. The summed E-state index contributed by atoms with van der Waals surface area (Å²) in [5.74, 6) is -1.47. The maximum absolute atomic E-state index is 13.6. The summed E-state index contributed by atoms with van der Waals surface area (Å²) >= 11 is 6.17. The number of carbonyl (C=O) groups is 1. The Bertz CT molecular complexity index is 589. The van der Waals surface area contributed by atoms with E-state index in [9.17, 15) is 9.18 Å². The lowest BCUT2D eigenvalue weighted by Crippen LogP contribution is -2.21. The van der Waals surface area contributed by atoms with Gasteiger partial charge in [-0.25, -0.2) is 0 Å². The van der Waals surface area contributed by atoms with Gasteiger partial charge >= 0.3 is 0 Å². The van der Waals surface area contributed by atoms with Gasteiger partial charge in [0.1, 0.15) is 5.75 Å². The maximum atomic E-state index is 13.6. The molecule has 0 aliphatic carbocycles. The van der Waals surface area contributed by atoms with E-state index >= 15 is 0 Å². The summed E-state index contributed by atoms with van der Waals surface area (Å²) < 4.78 is 18.7. The van der Waals surface area contributed by atoms with Crippen LogP contribution in [-0.4, -0.2) is 18.7 Å². The van der Waals surface area contributed by atoms with Crippen LogP contribution in [0.4, 0.5) is 4.39 Å². The average Bonchev–Trinajstić information content (AvgIpc) is 2.35. The summed E-state index contributed by atoms with van der Waals surface area (Å²) in [5.41, 5.74) is 2.17. The molecule has 0 saturated carbocycles. The van der Waals surface area contributed by atoms with Crippen molar-refractivity contribution < 1.29 is 13.9 Å². The zero-order valence-electron chi connectivity index (χ0n) is 13.9. The Kier molecular flexibility index (Phi) is 6.00. The topological polar surface area (TPSA) is 38.3 Å². The largest absolute Gasteiger partial charge is 0.457 e. The highest BCUT2D eigenvalue weighted by Gasteiger charge is 2.20. The molecule has 0 radical (unpaired) electrons. The van der Waals surface area contributed by atoms with Crippen molar-refractivity contribution in [3.8, 4) is 5.75 Å². The van der Waals surface area contributed by atoms with Crippen LogP contribution in [0.1, 0.15) is 40.2 Å². The highest BCUT2D eigenvalue weighted by molar-refractivity contribution is 6.32. The Morgan fingerprint density at radius 3 is 2.32 bits per heavy atom. The quantitative estimate of drug-likeness (QED) is 0.776. The number of ketones is 1. The van der Waals surface area contributed by atoms with Crippen LogP contribution in [0.25, 0.3) is 5.70 Å². The number of nitrogens with one attached hydrogen (secondary N) is 1. The summed E-state index contributed by atoms with van der Waals surface area (Å²) in [4.78, 5) is 11.9. The first-order chi connectivity index (χ1) is 10.1. The van der Waals surface area contributed by atoms with Crippen molar-refractivity contribution in [2.24, 2.45) is 5.92 Å². The molecule has 0 aromatic heterocycles. The lowest BCUT2D eigenvalue weighted by Gasteiger charge is -2.20. The highest BCUT2D eigenvalue weighted by atomic mass is 35.5. The Labute approximate surface area is 136 Å². The average molecular weight is 328 g/mol. The summed E-state index contributed by atoms with van der Waals surface area (Å²) in [6, 6.07) is 5.03. The van der Waals surface area contributed by atoms with E-state index in [0.717, 1.165) is 11.3 Å². The van der Waals surface area contributed by atoms with E-state index in [0.29, 0.717) is 10.6 Å². The zero-order valence-corrected chi connectivity index (χ0v) is 14.6. The Morgan fingerprint density at radius 1 is 1.36 bits per heavy atom. The first-order valence-corrected chi connectivity index (χ1v) is 7.55. The standard InChI is InChI=1S/C17H23ClFNO2/c1-10(2)15(11(3)21)16(20-6)12-7-8-14(13(18)9-12)22-17(4,5)19/h7-10,20H,1-6H3/b16-15-. The third-order valence-corrected chi connectivity index (χ3v) is 3.34. The Morgan fingerprint density at radius 2 is 1.95 bits per heavy atom. The number of hydrogen-bond donors (Lipinski definition) is 1. The van der Waals surface area contributed by atoms with Gasteiger partial charge in [0.15, 0.2) is 5.78 Å². The lowest BCUT2D eigenvalue weighted by atomic mass is 9.94. The molecule has 1 N–H and O–H groups in total. The molecule has 0 unspecified atom stereocenters. The van der Waals surface area contributed by atoms with Gasteiger partial charge in [0.2, 0.25) is 5.85 Å². The fourth-order valence-corrected chi connectivity index (χ4v) is 2.53. The molecule has 1 aromatic rings. The van der Waals surface area contributed by atoms with Gasteiger partial charge in [-0.15, -0.1) is 0 Å². The van der Waals surface area contributed by atoms with Gasteiger partial charge in [-0.05, 0) is 36.6 Å². The number of allylic oxidation sites excluding steroid dienone is 1. The molecule has 22 heavy (non-hydrogen) atoms. The molecule has 0 saturated heterocycles. The van der Waals surface area contributed by atoms with E-state index in [-0.39, 0.29) is 17.5 Å². The molecule has 0 aliphatic rings. The molecule has 0 aliphatic heterocycles. The van der Waals surface area contributed by atoms with E-state index in [1.807, 2.05) is 13.8 Å². The van der Waals surface area contributed by atoms with Gasteiger partial charge in [0.25, 0.3) is 0 Å². The number of rotatable bonds is 6. The number of benzene rings is 1. The molecule has 0 spiro atoms. The minimum absolute atomic E-state index is 0.000639. The van der Waals surface area contributed by atoms with E-state index < -0.39 is 5.85 Å². The lowest BCUT2D eigenvalue weighted by molar-refractivity contribution is -0.114. The van der Waals surface area contributed by atoms with Crippen molar-refractivity contribution in [1.82, 2.24) is 5.32 Å². The van der Waals surface area contributed by atoms with Crippen LogP contribution in [-0.2, 0) is 4.79 Å². The number of halogens is 2. The van der Waals surface area contributed by atoms with Gasteiger partial charge in [0.05, 0.1) is 5.02 Å². The Balaban J connectivity index is 3.34. The predicted octanol–water partition coefficient (Wildman–Crippen LogP) is 4.60. The van der Waals surface area contributed by atoms with E-state index in [1.54, 1.807) is 25.2 Å². The van der Waals surface area contributed by atoms with Gasteiger partial charge < -0.3 is 10.1 Å². The molecule has 0 bridgehead atoms. The second-order valence-corrected chi connectivity index (χ2v) is 6.27. The molecule has 1 aromatic carbocycles. The minimum atomic E-state index is -1.81. The number of carbonyl (C=O) groups excluding carboxylic acids is 1. The molecule has 1 rings (SSSR count). The van der Waals surface area contributed by atoms with Crippen molar-refractivity contribution in [2.45, 2.75) is 40.5 Å². The highest BCUT2D eigenvalue weighted by Crippen LogP contribution is 2.32. The van der Waals surface area contributed by atoms with E-state index in [2.05, 4.69) is 5.32 Å². The van der Waals surface area contributed by atoms with Crippen molar-refractivity contribution >= 4 is 23.1 Å². The second kappa shape index (κ2) is 7.14. The summed E-state index contributed by atoms with van der Waals surface area (Å²) in [7, 11) is 1.75. The fraction of sp³-hybridized carbons (Fsp3) is 0.471. The molecule has 3 nitrogen and oxygen atoms in total. The van der Waals surface area contributed by atoms with E-state index in [1.165, 1.54) is 20.8 Å². The predicted molar refractivity (Wildman–Crippen MR) is 88.8 cm³/mol. The van der Waals surface area contributed by atoms with Crippen LogP contribution < -0.4 is 10.1 Å². The third-order valence-electron chi connectivity index (χ3n) is 3.05. The van der Waals surface area contributed by atoms with Crippen LogP contribution in [0.3, 0.4) is 0 Å².